The molecule has 2 aliphatic carbocycles. The van der Waals surface area contributed by atoms with Crippen molar-refractivity contribution in [1.29, 1.82) is 0 Å². The number of carbonyl (C=O) groups is 3. The maximum absolute atomic E-state index is 14.2. The summed E-state index contributed by atoms with van der Waals surface area (Å²) in [7, 11) is 0. The number of fused-ring (bicyclic) bond motifs is 6. The molecule has 46 heavy (non-hydrogen) atoms. The van der Waals surface area contributed by atoms with Crippen molar-refractivity contribution >= 4 is 57.6 Å². The van der Waals surface area contributed by atoms with Gasteiger partial charge < -0.3 is 15.1 Å². The number of hydrogen-bond donors (Lipinski definition) is 1. The van der Waals surface area contributed by atoms with Gasteiger partial charge in [0, 0.05) is 34.8 Å². The van der Waals surface area contributed by atoms with E-state index in [1.807, 2.05) is 83.6 Å². The summed E-state index contributed by atoms with van der Waals surface area (Å²) in [5.74, 6) is -0.169. The maximum atomic E-state index is 14.2. The Balaban J connectivity index is 1.14. The zero-order valence-corrected chi connectivity index (χ0v) is 25.8. The van der Waals surface area contributed by atoms with Crippen molar-refractivity contribution < 1.29 is 14.4 Å². The summed E-state index contributed by atoms with van der Waals surface area (Å²) in [5.41, 5.74) is 4.43. The summed E-state index contributed by atoms with van der Waals surface area (Å²) in [5, 5.41) is 6.96. The normalized spacial score (nSPS) is 19.4. The fourth-order valence-electron chi connectivity index (χ4n) is 6.81. The molecule has 1 amide bonds. The van der Waals surface area contributed by atoms with Crippen molar-refractivity contribution in [3.63, 3.8) is 0 Å². The summed E-state index contributed by atoms with van der Waals surface area (Å²) in [4.78, 5) is 62.1. The lowest BCUT2D eigenvalue weighted by molar-refractivity contribution is -0.126. The summed E-state index contributed by atoms with van der Waals surface area (Å²) in [6.07, 6.45) is 10.2. The smallest absolute Gasteiger partial charge is 0.245 e. The molecule has 5 aromatic rings. The number of hydrogen-bond acceptors (Lipinski definition) is 10. The van der Waals surface area contributed by atoms with Gasteiger partial charge in [0.15, 0.2) is 22.5 Å². The highest BCUT2D eigenvalue weighted by atomic mass is 32.1. The quantitative estimate of drug-likeness (QED) is 0.311. The molecule has 3 aliphatic rings. The Morgan fingerprint density at radius 1 is 1.02 bits per heavy atom. The van der Waals surface area contributed by atoms with Gasteiger partial charge in [-0.1, -0.05) is 49.4 Å². The fraction of sp³-hybridized carbons (Fsp3) is 0.171. The average molecular weight is 626 g/mol. The van der Waals surface area contributed by atoms with E-state index in [0.29, 0.717) is 22.2 Å². The number of anilines is 3. The van der Waals surface area contributed by atoms with Crippen LogP contribution in [0.3, 0.4) is 0 Å². The summed E-state index contributed by atoms with van der Waals surface area (Å²) in [6, 6.07) is 15.4. The Morgan fingerprint density at radius 2 is 1.87 bits per heavy atom. The molecule has 0 saturated heterocycles. The second kappa shape index (κ2) is 10.5. The minimum Gasteiger partial charge on any atom is -0.340 e. The van der Waals surface area contributed by atoms with E-state index in [1.54, 1.807) is 24.7 Å². The van der Waals surface area contributed by atoms with Crippen LogP contribution in [0.25, 0.3) is 34.5 Å². The van der Waals surface area contributed by atoms with Gasteiger partial charge in [0.05, 0.1) is 25.1 Å². The highest BCUT2D eigenvalue weighted by molar-refractivity contribution is 7.14. The van der Waals surface area contributed by atoms with E-state index in [-0.39, 0.29) is 30.7 Å². The first-order valence-electron chi connectivity index (χ1n) is 14.9. The topological polar surface area (TPSA) is 121 Å². The third-order valence-corrected chi connectivity index (χ3v) is 9.80. The van der Waals surface area contributed by atoms with E-state index in [4.69, 9.17) is 0 Å². The van der Waals surface area contributed by atoms with Gasteiger partial charge >= 0.3 is 0 Å². The molecular weight excluding hydrogens is 598 g/mol. The predicted octanol–water partition coefficient (Wildman–Crippen LogP) is 3.78. The Hall–Kier alpha value is -5.55. The molecule has 2 aromatic carbocycles. The number of aromatic nitrogens is 4. The first-order chi connectivity index (χ1) is 22.3. The van der Waals surface area contributed by atoms with Crippen LogP contribution in [0, 0.1) is 5.92 Å². The maximum Gasteiger partial charge on any atom is 0.245 e. The van der Waals surface area contributed by atoms with Gasteiger partial charge in [0.1, 0.15) is 17.6 Å². The predicted molar refractivity (Wildman–Crippen MR) is 177 cm³/mol. The van der Waals surface area contributed by atoms with Crippen LogP contribution >= 0.6 is 11.3 Å². The average Bonchev–Trinajstić information content (AvgIpc) is 3.69. The van der Waals surface area contributed by atoms with Gasteiger partial charge in [0.2, 0.25) is 5.91 Å². The first kappa shape index (κ1) is 28.0. The lowest BCUT2D eigenvalue weighted by Gasteiger charge is -2.42. The number of nitrogens with one attached hydrogen (secondary N) is 1. The minimum atomic E-state index is -1.13. The third kappa shape index (κ3) is 4.26. The third-order valence-electron chi connectivity index (χ3n) is 9.04. The molecule has 0 saturated carbocycles. The minimum absolute atomic E-state index is 0.000731. The Morgan fingerprint density at radius 3 is 2.70 bits per heavy atom. The molecule has 2 unspecified atom stereocenters. The van der Waals surface area contributed by atoms with Crippen molar-refractivity contribution in [3.05, 3.63) is 100 Å². The van der Waals surface area contributed by atoms with Crippen LogP contribution in [0.2, 0.25) is 0 Å². The van der Waals surface area contributed by atoms with E-state index in [9.17, 15) is 14.4 Å². The van der Waals surface area contributed by atoms with Crippen LogP contribution in [0.15, 0.2) is 78.8 Å². The van der Waals surface area contributed by atoms with Crippen LogP contribution in [-0.4, -0.2) is 50.6 Å². The lowest BCUT2D eigenvalue weighted by atomic mass is 9.73. The molecule has 1 N–H and O–H groups in total. The Labute approximate surface area is 267 Å². The number of amides is 1. The number of carbonyl (C=O) groups excluding carboxylic acids is 3. The van der Waals surface area contributed by atoms with E-state index < -0.39 is 11.5 Å². The van der Waals surface area contributed by atoms with E-state index in [0.717, 1.165) is 38.4 Å². The zero-order chi connectivity index (χ0) is 31.6. The number of Topliss-reactive ketones (excluding diaryl/α,β-unsaturated/α-hetero) is 2. The summed E-state index contributed by atoms with van der Waals surface area (Å²) in [6.45, 7) is 4.03. The number of nitrogens with zero attached hydrogens (tertiary/aromatic N) is 6. The lowest BCUT2D eigenvalue weighted by Crippen LogP contribution is -2.59. The molecular formula is C35H27N7O3S. The molecule has 0 fully saturated rings. The number of pyridine rings is 1. The first-order valence-corrected chi connectivity index (χ1v) is 15.7. The molecule has 1 aliphatic heterocycles. The Kier molecular flexibility index (Phi) is 6.40. The Bertz CT molecular complexity index is 2220. The number of rotatable bonds is 5. The SMILES string of the molecule is CC1C=c2c(ccc3c2=CC(=O)c2ccccc2-3)C(C)(N2CN(CC(=O)Nc3nc(-c4cccnc4)cs3)c3cncnc32)C1=O. The molecule has 0 radical (unpaired) electrons. The van der Waals surface area contributed by atoms with E-state index in [1.165, 1.54) is 17.7 Å². The van der Waals surface area contributed by atoms with Gasteiger partial charge in [-0.25, -0.2) is 15.0 Å². The molecule has 4 heterocycles. The van der Waals surface area contributed by atoms with E-state index in [2.05, 4.69) is 25.3 Å². The summed E-state index contributed by atoms with van der Waals surface area (Å²) < 4.78 is 0. The molecule has 2 atom stereocenters. The van der Waals surface area contributed by atoms with Crippen molar-refractivity contribution in [3.8, 4) is 22.4 Å². The second-order valence-corrected chi connectivity index (χ2v) is 12.6. The number of thiazole rings is 1. The van der Waals surface area contributed by atoms with Crippen molar-refractivity contribution in [2.75, 3.05) is 28.3 Å². The van der Waals surface area contributed by atoms with Gasteiger partial charge in [-0.05, 0) is 52.3 Å². The van der Waals surface area contributed by atoms with Crippen molar-refractivity contribution in [2.45, 2.75) is 19.4 Å². The van der Waals surface area contributed by atoms with Gasteiger partial charge in [0.25, 0.3) is 0 Å². The summed E-state index contributed by atoms with van der Waals surface area (Å²) >= 11 is 1.34. The fourth-order valence-corrected chi connectivity index (χ4v) is 7.55. The van der Waals surface area contributed by atoms with Crippen molar-refractivity contribution in [1.82, 2.24) is 19.9 Å². The molecule has 0 bridgehead atoms. The monoisotopic (exact) mass is 625 g/mol. The van der Waals surface area contributed by atoms with Crippen molar-refractivity contribution in [2.24, 2.45) is 5.92 Å². The molecule has 0 spiro atoms. The van der Waals surface area contributed by atoms with Crippen LogP contribution in [-0.2, 0) is 15.1 Å². The number of benzene rings is 2. The molecule has 3 aromatic heterocycles. The standard InChI is InChI=1S/C35H27N7O3S/c1-20-12-26-25-13-30(43)24-8-4-3-7-22(24)23(25)9-10-27(26)35(2,32(20)45)42-19-41(29-15-37-18-38-33(29)42)16-31(44)40-34-39-28(17-46-34)21-6-5-11-36-14-21/h3-15,17-18,20H,16,19H2,1-2H3,(H,39,40,44). The van der Waals surface area contributed by atoms with Crippen LogP contribution < -0.4 is 25.6 Å². The van der Waals surface area contributed by atoms with Gasteiger partial charge in [-0.3, -0.25) is 19.4 Å². The highest BCUT2D eigenvalue weighted by Gasteiger charge is 2.50. The second-order valence-electron chi connectivity index (χ2n) is 11.8. The van der Waals surface area contributed by atoms with Crippen LogP contribution in [0.4, 0.5) is 16.6 Å². The van der Waals surface area contributed by atoms with Crippen LogP contribution in [0.5, 0.6) is 0 Å². The van der Waals surface area contributed by atoms with Crippen LogP contribution in [0.1, 0.15) is 29.8 Å². The van der Waals surface area contributed by atoms with Gasteiger partial charge in [-0.2, -0.15) is 0 Å². The zero-order valence-electron chi connectivity index (χ0n) is 25.0. The molecule has 11 heteroatoms. The van der Waals surface area contributed by atoms with E-state index >= 15 is 0 Å². The molecule has 226 valence electrons. The largest absolute Gasteiger partial charge is 0.340 e. The number of ketones is 2. The van der Waals surface area contributed by atoms with Gasteiger partial charge in [-0.15, -0.1) is 11.3 Å². The highest BCUT2D eigenvalue weighted by Crippen LogP contribution is 2.44. The molecule has 8 rings (SSSR count). The molecule has 10 nitrogen and oxygen atoms in total.